The molecule has 2 aliphatic rings. The number of nitrogens with zero attached hydrogens (tertiary/aromatic N) is 1. The zero-order chi connectivity index (χ0) is 21.7. The molecular formula is C28H27N2NaO2. The Hall–Kier alpha value is -2.11. The number of fused-ring (bicyclic) bond motifs is 5. The van der Waals surface area contributed by atoms with E-state index in [1.54, 1.807) is 0 Å². The first kappa shape index (κ1) is 22.7. The Morgan fingerprint density at radius 1 is 0.970 bits per heavy atom. The summed E-state index contributed by atoms with van der Waals surface area (Å²) in [6.07, 6.45) is 3.24. The van der Waals surface area contributed by atoms with Gasteiger partial charge < -0.3 is 14.9 Å². The molecule has 1 aromatic heterocycles. The first-order chi connectivity index (χ1) is 15.6. The Balaban J connectivity index is 0.00000228. The molecule has 1 aliphatic carbocycles. The van der Waals surface area contributed by atoms with E-state index in [0.29, 0.717) is 0 Å². The molecule has 4 nitrogen and oxygen atoms in total. The second kappa shape index (κ2) is 8.92. The van der Waals surface area contributed by atoms with Crippen LogP contribution in [0.4, 0.5) is 0 Å². The molecular weight excluding hydrogens is 419 g/mol. The summed E-state index contributed by atoms with van der Waals surface area (Å²) in [4.78, 5) is 17.4. The molecule has 1 unspecified atom stereocenters. The van der Waals surface area contributed by atoms with Crippen molar-refractivity contribution in [2.24, 2.45) is 0 Å². The minimum atomic E-state index is -0.938. The Labute approximate surface area is 216 Å². The van der Waals surface area contributed by atoms with Gasteiger partial charge in [-0.1, -0.05) is 48.5 Å². The van der Waals surface area contributed by atoms with Crippen LogP contribution in [0.2, 0.25) is 0 Å². The van der Waals surface area contributed by atoms with Crippen molar-refractivity contribution in [2.45, 2.75) is 43.6 Å². The molecule has 0 amide bonds. The smallest absolute Gasteiger partial charge is 0.550 e. The van der Waals surface area contributed by atoms with Gasteiger partial charge in [0.2, 0.25) is 0 Å². The van der Waals surface area contributed by atoms with Gasteiger partial charge >= 0.3 is 29.6 Å². The summed E-state index contributed by atoms with van der Waals surface area (Å²) in [7, 11) is 0. The molecule has 2 heterocycles. The summed E-state index contributed by atoms with van der Waals surface area (Å²) in [5.41, 5.74) is 6.45. The fourth-order valence-electron chi connectivity index (χ4n) is 6.28. The topological polar surface area (TPSA) is 59.2 Å². The molecule has 6 rings (SSSR count). The number of carbonyl (C=O) groups excluding carboxylic acids is 1. The predicted octanol–water partition coefficient (Wildman–Crippen LogP) is 1.49. The predicted molar refractivity (Wildman–Crippen MR) is 125 cm³/mol. The largest absolute Gasteiger partial charge is 1.00 e. The summed E-state index contributed by atoms with van der Waals surface area (Å²) in [6.45, 7) is 3.03. The number of likely N-dealkylation sites (tertiary alicyclic amines) is 1. The van der Waals surface area contributed by atoms with Crippen molar-refractivity contribution in [3.63, 3.8) is 0 Å². The molecule has 1 N–H and O–H groups in total. The van der Waals surface area contributed by atoms with Crippen molar-refractivity contribution in [3.8, 4) is 0 Å². The summed E-state index contributed by atoms with van der Waals surface area (Å²) >= 11 is 0. The third-order valence-corrected chi connectivity index (χ3v) is 7.81. The van der Waals surface area contributed by atoms with Crippen molar-refractivity contribution in [1.82, 2.24) is 9.88 Å². The number of benzene rings is 3. The first-order valence-electron chi connectivity index (χ1n) is 11.6. The molecule has 3 aromatic carbocycles. The van der Waals surface area contributed by atoms with E-state index in [1.807, 2.05) is 6.07 Å². The molecule has 162 valence electrons. The number of H-pyrrole nitrogens is 1. The van der Waals surface area contributed by atoms with Gasteiger partial charge in [-0.25, -0.2) is 0 Å². The number of para-hydroxylation sites is 1. The molecule has 1 atom stereocenters. The van der Waals surface area contributed by atoms with E-state index in [4.69, 9.17) is 0 Å². The van der Waals surface area contributed by atoms with E-state index >= 15 is 0 Å². The van der Waals surface area contributed by atoms with E-state index in [9.17, 15) is 9.90 Å². The maximum Gasteiger partial charge on any atom is 1.00 e. The van der Waals surface area contributed by atoms with Crippen LogP contribution in [0.3, 0.4) is 0 Å². The second-order valence-corrected chi connectivity index (χ2v) is 9.67. The van der Waals surface area contributed by atoms with E-state index < -0.39 is 5.97 Å². The van der Waals surface area contributed by atoms with Crippen LogP contribution in [0.25, 0.3) is 21.8 Å². The maximum absolute atomic E-state index is 11.3. The average molecular weight is 447 g/mol. The van der Waals surface area contributed by atoms with Gasteiger partial charge in [-0.3, -0.25) is 4.90 Å². The number of aromatic amines is 1. The van der Waals surface area contributed by atoms with Crippen LogP contribution in [0, 0.1) is 0 Å². The number of carboxylic acid groups (broad SMARTS) is 1. The number of carboxylic acids is 1. The normalized spacial score (nSPS) is 19.6. The summed E-state index contributed by atoms with van der Waals surface area (Å²) in [6, 6.07) is 23.7. The Morgan fingerprint density at radius 2 is 1.70 bits per heavy atom. The van der Waals surface area contributed by atoms with Gasteiger partial charge in [-0.15, -0.1) is 0 Å². The van der Waals surface area contributed by atoms with Crippen LogP contribution < -0.4 is 34.7 Å². The van der Waals surface area contributed by atoms with Crippen LogP contribution >= 0.6 is 0 Å². The van der Waals surface area contributed by atoms with Gasteiger partial charge in [0.15, 0.2) is 0 Å². The van der Waals surface area contributed by atoms with Gasteiger partial charge in [0.25, 0.3) is 0 Å². The molecule has 1 fully saturated rings. The van der Waals surface area contributed by atoms with Gasteiger partial charge in [-0.2, -0.15) is 0 Å². The third-order valence-electron chi connectivity index (χ3n) is 7.81. The number of piperidine rings is 1. The summed E-state index contributed by atoms with van der Waals surface area (Å²) in [5, 5.41) is 13.9. The molecule has 1 saturated heterocycles. The van der Waals surface area contributed by atoms with Crippen molar-refractivity contribution < 1.29 is 39.5 Å². The van der Waals surface area contributed by atoms with Crippen LogP contribution in [0.5, 0.6) is 0 Å². The minimum absolute atomic E-state index is 0. The molecule has 1 spiro atoms. The summed E-state index contributed by atoms with van der Waals surface area (Å²) < 4.78 is 0. The number of aromatic nitrogens is 1. The molecule has 1 aliphatic heterocycles. The Morgan fingerprint density at radius 3 is 2.52 bits per heavy atom. The van der Waals surface area contributed by atoms with E-state index in [0.717, 1.165) is 38.9 Å². The number of hydrogen-bond acceptors (Lipinski definition) is 3. The molecule has 5 heteroatoms. The minimum Gasteiger partial charge on any atom is -0.550 e. The standard InChI is InChI=1S/C28H28N2O2.Na/c31-27(32)16-20-17-28(24-7-3-1-5-21(20)24)11-13-30(14-12-28)18-19-9-10-26-23(15-19)22-6-2-4-8-25(22)29-26;/h1-10,15,20,29H,11-14,16-18H2,(H,31,32);/q;+1/p-1. The fraction of sp³-hybridized carbons (Fsp3) is 0.321. The number of rotatable bonds is 4. The van der Waals surface area contributed by atoms with Crippen LogP contribution in [-0.2, 0) is 16.8 Å². The molecule has 0 bridgehead atoms. The zero-order valence-corrected chi connectivity index (χ0v) is 21.1. The van der Waals surface area contributed by atoms with Crippen LogP contribution in [0.15, 0.2) is 66.7 Å². The quantitative estimate of drug-likeness (QED) is 0.484. The van der Waals surface area contributed by atoms with E-state index in [2.05, 4.69) is 70.5 Å². The van der Waals surface area contributed by atoms with Crippen molar-refractivity contribution in [3.05, 3.63) is 83.4 Å². The zero-order valence-electron chi connectivity index (χ0n) is 19.1. The average Bonchev–Trinajstić information content (AvgIpc) is 3.31. The van der Waals surface area contributed by atoms with Gasteiger partial charge in [0.05, 0.1) is 0 Å². The number of aliphatic carboxylic acids is 1. The van der Waals surface area contributed by atoms with Gasteiger partial charge in [0.1, 0.15) is 0 Å². The Kier molecular flexibility index (Phi) is 6.13. The molecule has 33 heavy (non-hydrogen) atoms. The molecule has 4 aromatic rings. The number of carbonyl (C=O) groups is 1. The van der Waals surface area contributed by atoms with Gasteiger partial charge in [-0.05, 0) is 85.0 Å². The molecule has 0 saturated carbocycles. The Bertz CT molecular complexity index is 1320. The number of nitrogens with one attached hydrogen (secondary N) is 1. The second-order valence-electron chi connectivity index (χ2n) is 9.67. The van der Waals surface area contributed by atoms with E-state index in [1.165, 1.54) is 38.5 Å². The summed E-state index contributed by atoms with van der Waals surface area (Å²) in [5.74, 6) is -0.848. The maximum atomic E-state index is 11.3. The van der Waals surface area contributed by atoms with Crippen molar-refractivity contribution >= 4 is 27.8 Å². The number of hydrogen-bond donors (Lipinski definition) is 1. The van der Waals surface area contributed by atoms with Crippen LogP contribution in [0.1, 0.15) is 48.3 Å². The first-order valence-corrected chi connectivity index (χ1v) is 11.6. The van der Waals surface area contributed by atoms with Gasteiger partial charge in [0, 0.05) is 34.3 Å². The van der Waals surface area contributed by atoms with Crippen molar-refractivity contribution in [1.29, 1.82) is 0 Å². The SMILES string of the molecule is O=C([O-])CC1CC2(CCN(Cc3ccc4[nH]c5ccccc5c4c3)CC2)c2ccccc21.[Na+]. The van der Waals surface area contributed by atoms with Crippen molar-refractivity contribution in [2.75, 3.05) is 13.1 Å². The van der Waals surface area contributed by atoms with Crippen LogP contribution in [-0.4, -0.2) is 28.9 Å². The monoisotopic (exact) mass is 446 g/mol. The third kappa shape index (κ3) is 4.04. The van der Waals surface area contributed by atoms with E-state index in [-0.39, 0.29) is 47.3 Å². The molecule has 0 radical (unpaired) electrons. The fourth-order valence-corrected chi connectivity index (χ4v) is 6.28.